The van der Waals surface area contributed by atoms with Gasteiger partial charge in [0.2, 0.25) is 0 Å². The molecule has 0 aliphatic carbocycles. The van der Waals surface area contributed by atoms with E-state index in [-0.39, 0.29) is 17.2 Å². The Bertz CT molecular complexity index is 1070. The summed E-state index contributed by atoms with van der Waals surface area (Å²) in [6.07, 6.45) is 3.03. The summed E-state index contributed by atoms with van der Waals surface area (Å²) in [5.74, 6) is -1.12. The number of nitrogens with one attached hydrogen (secondary N) is 2. The maximum absolute atomic E-state index is 12.8. The van der Waals surface area contributed by atoms with E-state index in [4.69, 9.17) is 0 Å². The summed E-state index contributed by atoms with van der Waals surface area (Å²) in [6, 6.07) is 16.4. The fourth-order valence-electron chi connectivity index (χ4n) is 3.11. The number of carboxylic acid groups (broad SMARTS) is 1. The first kappa shape index (κ1) is 17.5. The van der Waals surface area contributed by atoms with E-state index >= 15 is 0 Å². The number of carbonyl (C=O) groups is 2. The van der Waals surface area contributed by atoms with Gasteiger partial charge in [0.05, 0.1) is 12.2 Å². The van der Waals surface area contributed by atoms with Gasteiger partial charge in [-0.25, -0.2) is 9.48 Å². The molecule has 0 saturated heterocycles. The molecule has 140 valence electrons. The van der Waals surface area contributed by atoms with Crippen LogP contribution in [0.15, 0.2) is 72.6 Å². The Hall–Kier alpha value is -3.87. The van der Waals surface area contributed by atoms with Crippen molar-refractivity contribution in [1.29, 1.82) is 0 Å². The van der Waals surface area contributed by atoms with Gasteiger partial charge in [0.1, 0.15) is 17.1 Å². The van der Waals surface area contributed by atoms with Crippen LogP contribution in [0.5, 0.6) is 0 Å². The van der Waals surface area contributed by atoms with Crippen LogP contribution in [0.25, 0.3) is 0 Å². The standard InChI is InChI=1S/C21H18N4O3/c1-13-7-9-15(10-8-13)23-20(26)16-12-22-25-18(14-5-3-2-4-6-14)11-17(21(27)28)24-19(16)25/h2-12,18,24H,1H3,(H,23,26)(H,27,28)/t18-/m0/s1. The summed E-state index contributed by atoms with van der Waals surface area (Å²) in [5, 5.41) is 19.5. The third-order valence-corrected chi connectivity index (χ3v) is 4.56. The largest absolute Gasteiger partial charge is 0.477 e. The summed E-state index contributed by atoms with van der Waals surface area (Å²) < 4.78 is 1.62. The highest BCUT2D eigenvalue weighted by atomic mass is 16.4. The molecule has 0 fully saturated rings. The molecule has 1 atom stereocenters. The second-order valence-corrected chi connectivity index (χ2v) is 6.54. The number of allylic oxidation sites excluding steroid dienone is 1. The van der Waals surface area contributed by atoms with Crippen LogP contribution in [-0.2, 0) is 4.79 Å². The zero-order valence-corrected chi connectivity index (χ0v) is 15.1. The van der Waals surface area contributed by atoms with Crippen LogP contribution in [0.4, 0.5) is 11.5 Å². The maximum Gasteiger partial charge on any atom is 0.352 e. The van der Waals surface area contributed by atoms with E-state index in [9.17, 15) is 14.7 Å². The lowest BCUT2D eigenvalue weighted by atomic mass is 10.0. The van der Waals surface area contributed by atoms with Crippen LogP contribution in [0, 0.1) is 6.92 Å². The number of fused-ring (bicyclic) bond motifs is 1. The summed E-state index contributed by atoms with van der Waals surface area (Å²) in [5.41, 5.74) is 2.89. The summed E-state index contributed by atoms with van der Waals surface area (Å²) in [6.45, 7) is 1.97. The van der Waals surface area contributed by atoms with Crippen molar-refractivity contribution in [2.45, 2.75) is 13.0 Å². The number of benzene rings is 2. The lowest BCUT2D eigenvalue weighted by Gasteiger charge is -2.24. The topological polar surface area (TPSA) is 96.3 Å². The lowest BCUT2D eigenvalue weighted by Crippen LogP contribution is -2.25. The van der Waals surface area contributed by atoms with Gasteiger partial charge in [-0.05, 0) is 30.7 Å². The predicted molar refractivity (Wildman–Crippen MR) is 105 cm³/mol. The quantitative estimate of drug-likeness (QED) is 0.650. The molecule has 0 radical (unpaired) electrons. The van der Waals surface area contributed by atoms with Crippen LogP contribution in [0.3, 0.4) is 0 Å². The van der Waals surface area contributed by atoms with Crippen molar-refractivity contribution < 1.29 is 14.7 Å². The van der Waals surface area contributed by atoms with Crippen LogP contribution in [-0.4, -0.2) is 26.8 Å². The fourth-order valence-corrected chi connectivity index (χ4v) is 3.11. The molecule has 1 aromatic heterocycles. The Morgan fingerprint density at radius 2 is 1.82 bits per heavy atom. The first-order valence-corrected chi connectivity index (χ1v) is 8.75. The molecule has 0 spiro atoms. The van der Waals surface area contributed by atoms with Gasteiger partial charge in [-0.1, -0.05) is 48.0 Å². The molecular formula is C21H18N4O3. The van der Waals surface area contributed by atoms with Gasteiger partial charge in [-0.3, -0.25) is 4.79 Å². The number of hydrogen-bond acceptors (Lipinski definition) is 4. The number of nitrogens with zero attached hydrogens (tertiary/aromatic N) is 2. The third-order valence-electron chi connectivity index (χ3n) is 4.56. The van der Waals surface area contributed by atoms with Crippen LogP contribution >= 0.6 is 0 Å². The molecule has 28 heavy (non-hydrogen) atoms. The second-order valence-electron chi connectivity index (χ2n) is 6.54. The van der Waals surface area contributed by atoms with Gasteiger partial charge in [-0.2, -0.15) is 5.10 Å². The zero-order valence-electron chi connectivity index (χ0n) is 15.1. The highest BCUT2D eigenvalue weighted by Crippen LogP contribution is 2.32. The highest BCUT2D eigenvalue weighted by molar-refractivity contribution is 6.08. The summed E-state index contributed by atoms with van der Waals surface area (Å²) in [7, 11) is 0. The Morgan fingerprint density at radius 1 is 1.11 bits per heavy atom. The molecule has 1 aliphatic rings. The minimum Gasteiger partial charge on any atom is -0.477 e. The van der Waals surface area contributed by atoms with Gasteiger partial charge in [0.25, 0.3) is 5.91 Å². The minimum atomic E-state index is -1.10. The molecule has 3 N–H and O–H groups in total. The monoisotopic (exact) mass is 374 g/mol. The highest BCUT2D eigenvalue weighted by Gasteiger charge is 2.29. The molecule has 4 rings (SSSR count). The maximum atomic E-state index is 12.8. The average Bonchev–Trinajstić information content (AvgIpc) is 3.14. The van der Waals surface area contributed by atoms with Crippen molar-refractivity contribution in [3.05, 3.63) is 89.3 Å². The number of aromatic nitrogens is 2. The first-order valence-electron chi connectivity index (χ1n) is 8.75. The van der Waals surface area contributed by atoms with E-state index < -0.39 is 12.0 Å². The molecular weight excluding hydrogens is 356 g/mol. The minimum absolute atomic E-state index is 0.00578. The number of anilines is 2. The number of carbonyl (C=O) groups excluding carboxylic acids is 1. The van der Waals surface area contributed by atoms with Crippen molar-refractivity contribution in [3.63, 3.8) is 0 Å². The van der Waals surface area contributed by atoms with Gasteiger partial charge in [0.15, 0.2) is 0 Å². The molecule has 1 aliphatic heterocycles. The average molecular weight is 374 g/mol. The molecule has 0 bridgehead atoms. The van der Waals surface area contributed by atoms with Crippen molar-refractivity contribution in [3.8, 4) is 0 Å². The number of carboxylic acids is 1. The first-order chi connectivity index (χ1) is 13.5. The molecule has 3 aromatic rings. The molecule has 2 heterocycles. The predicted octanol–water partition coefficient (Wildman–Crippen LogP) is 3.43. The Balaban J connectivity index is 1.70. The SMILES string of the molecule is Cc1ccc(NC(=O)c2cnn3c2NC(C(=O)O)=C[C@H]3c2ccccc2)cc1. The van der Waals surface area contributed by atoms with Crippen molar-refractivity contribution >= 4 is 23.4 Å². The Labute approximate surface area is 161 Å². The number of aryl methyl sites for hydroxylation is 1. The number of hydrogen-bond donors (Lipinski definition) is 3. The van der Waals surface area contributed by atoms with Gasteiger partial charge in [0, 0.05) is 5.69 Å². The summed E-state index contributed by atoms with van der Waals surface area (Å²) in [4.78, 5) is 24.4. The van der Waals surface area contributed by atoms with Crippen LogP contribution in [0.2, 0.25) is 0 Å². The van der Waals surface area contributed by atoms with E-state index in [2.05, 4.69) is 15.7 Å². The smallest absolute Gasteiger partial charge is 0.352 e. The van der Waals surface area contributed by atoms with E-state index in [1.165, 1.54) is 6.20 Å². The molecule has 1 amide bonds. The molecule has 7 nitrogen and oxygen atoms in total. The second kappa shape index (κ2) is 7.03. The van der Waals surface area contributed by atoms with Gasteiger partial charge >= 0.3 is 5.97 Å². The number of amides is 1. The van der Waals surface area contributed by atoms with Crippen molar-refractivity contribution in [1.82, 2.24) is 9.78 Å². The summed E-state index contributed by atoms with van der Waals surface area (Å²) >= 11 is 0. The van der Waals surface area contributed by atoms with Crippen molar-refractivity contribution in [2.24, 2.45) is 0 Å². The number of rotatable bonds is 4. The van der Waals surface area contributed by atoms with Gasteiger partial charge < -0.3 is 15.7 Å². The lowest BCUT2D eigenvalue weighted by molar-refractivity contribution is -0.132. The van der Waals surface area contributed by atoms with E-state index in [0.29, 0.717) is 11.5 Å². The molecule has 0 saturated carbocycles. The van der Waals surface area contributed by atoms with Gasteiger partial charge in [-0.15, -0.1) is 0 Å². The third kappa shape index (κ3) is 3.25. The fraction of sp³-hybridized carbons (Fsp3) is 0.0952. The van der Waals surface area contributed by atoms with Crippen molar-refractivity contribution in [2.75, 3.05) is 10.6 Å². The van der Waals surface area contributed by atoms with Crippen LogP contribution in [0.1, 0.15) is 27.5 Å². The Morgan fingerprint density at radius 3 is 2.50 bits per heavy atom. The van der Waals surface area contributed by atoms with E-state index in [1.807, 2.05) is 61.5 Å². The van der Waals surface area contributed by atoms with E-state index in [1.54, 1.807) is 10.8 Å². The molecule has 0 unspecified atom stereocenters. The zero-order chi connectivity index (χ0) is 19.7. The Kier molecular flexibility index (Phi) is 4.41. The number of aliphatic carboxylic acids is 1. The van der Waals surface area contributed by atoms with E-state index in [0.717, 1.165) is 11.1 Å². The normalized spacial score (nSPS) is 15.2. The molecule has 7 heteroatoms. The van der Waals surface area contributed by atoms with Crippen LogP contribution < -0.4 is 10.6 Å². The molecule has 2 aromatic carbocycles.